The van der Waals surface area contributed by atoms with Crippen molar-refractivity contribution in [2.24, 2.45) is 5.92 Å². The Hall–Kier alpha value is -4.94. The van der Waals surface area contributed by atoms with Crippen molar-refractivity contribution in [3.63, 3.8) is 0 Å². The monoisotopic (exact) mass is 566 g/mol. The van der Waals surface area contributed by atoms with Crippen LogP contribution in [0.2, 0.25) is 0 Å². The lowest BCUT2D eigenvalue weighted by Crippen LogP contribution is -2.01. The highest BCUT2D eigenvalue weighted by atomic mass is 14.2. The van der Waals surface area contributed by atoms with Crippen LogP contribution in [0.5, 0.6) is 0 Å². The molecule has 7 rings (SSSR count). The smallest absolute Gasteiger partial charge is 0.0105 e. The van der Waals surface area contributed by atoms with Gasteiger partial charge in [-0.05, 0) is 133 Å². The molecule has 44 heavy (non-hydrogen) atoms. The molecule has 7 aromatic rings. The second-order valence-corrected chi connectivity index (χ2v) is 12.5. The fourth-order valence-electron chi connectivity index (χ4n) is 7.11. The second-order valence-electron chi connectivity index (χ2n) is 12.5. The molecule has 0 amide bonds. The summed E-state index contributed by atoms with van der Waals surface area (Å²) in [7, 11) is 0. The fourth-order valence-corrected chi connectivity index (χ4v) is 7.11. The van der Waals surface area contributed by atoms with Crippen molar-refractivity contribution in [2.75, 3.05) is 0 Å². The predicted octanol–water partition coefficient (Wildman–Crippen LogP) is 12.7. The zero-order valence-corrected chi connectivity index (χ0v) is 26.3. The zero-order chi connectivity index (χ0) is 30.4. The number of rotatable bonds is 5. The minimum Gasteiger partial charge on any atom is -0.0620 e. The van der Waals surface area contributed by atoms with E-state index in [4.69, 9.17) is 0 Å². The zero-order valence-electron chi connectivity index (χ0n) is 26.3. The van der Waals surface area contributed by atoms with Gasteiger partial charge in [0.1, 0.15) is 0 Å². The molecular formula is C44H38. The second kappa shape index (κ2) is 11.3. The van der Waals surface area contributed by atoms with Gasteiger partial charge in [-0.3, -0.25) is 0 Å². The molecule has 0 atom stereocenters. The van der Waals surface area contributed by atoms with Crippen LogP contribution in [-0.2, 0) is 0 Å². The third-order valence-corrected chi connectivity index (χ3v) is 9.38. The summed E-state index contributed by atoms with van der Waals surface area (Å²) in [6.07, 6.45) is 0. The van der Waals surface area contributed by atoms with Crippen molar-refractivity contribution in [3.8, 4) is 22.3 Å². The lowest BCUT2D eigenvalue weighted by molar-refractivity contribution is 0.854. The molecule has 214 valence electrons. The van der Waals surface area contributed by atoms with Gasteiger partial charge in [-0.25, -0.2) is 0 Å². The molecule has 0 heteroatoms. The van der Waals surface area contributed by atoms with Gasteiger partial charge in [-0.2, -0.15) is 0 Å². The highest BCUT2D eigenvalue weighted by Gasteiger charge is 2.16. The average molecular weight is 567 g/mol. The molecule has 0 N–H and O–H groups in total. The van der Waals surface area contributed by atoms with Crippen molar-refractivity contribution in [2.45, 2.75) is 34.6 Å². The van der Waals surface area contributed by atoms with Gasteiger partial charge in [0, 0.05) is 0 Å². The molecule has 0 saturated carbocycles. The molecule has 0 radical (unpaired) electrons. The Bertz CT molecular complexity index is 2220. The number of allylic oxidation sites excluding steroid dienone is 2. The van der Waals surface area contributed by atoms with E-state index in [1.807, 2.05) is 0 Å². The van der Waals surface area contributed by atoms with Gasteiger partial charge in [0.15, 0.2) is 0 Å². The average Bonchev–Trinajstić information content (AvgIpc) is 3.05. The summed E-state index contributed by atoms with van der Waals surface area (Å²) < 4.78 is 0. The van der Waals surface area contributed by atoms with Crippen LogP contribution in [-0.4, -0.2) is 0 Å². The standard InChI is InChI=1S/C44H38/c1-28(2)44(39-13-8-6-11-29(39)3)31(5)40-15-10-16-41(30(40)4)37-22-20-34-25-33(18-19-35(34)26-37)36-23-24-43-38(27-36)21-17-32-12-7-9-14-42(32)43/h6-28H,1-5H3/b44-31+. The third kappa shape index (κ3) is 4.91. The van der Waals surface area contributed by atoms with Gasteiger partial charge in [0.2, 0.25) is 0 Å². The molecule has 0 unspecified atom stereocenters. The van der Waals surface area contributed by atoms with E-state index in [-0.39, 0.29) is 0 Å². The molecule has 0 heterocycles. The van der Waals surface area contributed by atoms with Crippen LogP contribution < -0.4 is 0 Å². The SMILES string of the molecule is C/C(=C(\c1ccccc1C)C(C)C)c1cccc(-c2ccc3cc(-c4ccc5c(ccc6ccccc65)c4)ccc3c2)c1C. The normalized spacial score (nSPS) is 12.3. The van der Waals surface area contributed by atoms with E-state index >= 15 is 0 Å². The largest absolute Gasteiger partial charge is 0.0620 e. The highest BCUT2D eigenvalue weighted by Crippen LogP contribution is 2.38. The van der Waals surface area contributed by atoms with E-state index in [1.165, 1.54) is 88.0 Å². The van der Waals surface area contributed by atoms with Gasteiger partial charge in [-0.1, -0.05) is 129 Å². The Labute approximate surface area is 261 Å². The third-order valence-electron chi connectivity index (χ3n) is 9.38. The first kappa shape index (κ1) is 27.9. The van der Waals surface area contributed by atoms with Crippen molar-refractivity contribution in [1.82, 2.24) is 0 Å². The minimum atomic E-state index is 0.427. The molecule has 0 spiro atoms. The summed E-state index contributed by atoms with van der Waals surface area (Å²) in [6, 6.07) is 49.3. The fraction of sp³-hybridized carbons (Fsp3) is 0.136. The highest BCUT2D eigenvalue weighted by molar-refractivity contribution is 6.08. The van der Waals surface area contributed by atoms with Gasteiger partial charge in [0.25, 0.3) is 0 Å². The van der Waals surface area contributed by atoms with Gasteiger partial charge < -0.3 is 0 Å². The van der Waals surface area contributed by atoms with Crippen LogP contribution in [0.15, 0.2) is 133 Å². The van der Waals surface area contributed by atoms with Crippen molar-refractivity contribution < 1.29 is 0 Å². The summed E-state index contributed by atoms with van der Waals surface area (Å²) in [6.45, 7) is 11.4. The quantitative estimate of drug-likeness (QED) is 0.144. The first-order valence-corrected chi connectivity index (χ1v) is 15.7. The van der Waals surface area contributed by atoms with Crippen molar-refractivity contribution in [3.05, 3.63) is 156 Å². The van der Waals surface area contributed by atoms with Crippen LogP contribution in [0.4, 0.5) is 0 Å². The van der Waals surface area contributed by atoms with Gasteiger partial charge in [0.05, 0.1) is 0 Å². The van der Waals surface area contributed by atoms with Gasteiger partial charge in [-0.15, -0.1) is 0 Å². The summed E-state index contributed by atoms with van der Waals surface area (Å²) in [5, 5.41) is 7.70. The summed E-state index contributed by atoms with van der Waals surface area (Å²) in [5.41, 5.74) is 13.2. The molecule has 0 fully saturated rings. The van der Waals surface area contributed by atoms with E-state index in [9.17, 15) is 0 Å². The Morgan fingerprint density at radius 1 is 0.477 bits per heavy atom. The van der Waals surface area contributed by atoms with Crippen molar-refractivity contribution in [1.29, 1.82) is 0 Å². The van der Waals surface area contributed by atoms with Crippen LogP contribution in [0.1, 0.15) is 43.0 Å². The topological polar surface area (TPSA) is 0 Å². The molecule has 0 aliphatic rings. The predicted molar refractivity (Wildman–Crippen MR) is 193 cm³/mol. The molecule has 0 nitrogen and oxygen atoms in total. The van der Waals surface area contributed by atoms with Crippen LogP contribution in [0, 0.1) is 19.8 Å². The number of benzene rings is 7. The first-order valence-electron chi connectivity index (χ1n) is 15.7. The van der Waals surface area contributed by atoms with E-state index in [0.717, 1.165) is 0 Å². The summed E-state index contributed by atoms with van der Waals surface area (Å²) in [5.74, 6) is 0.427. The van der Waals surface area contributed by atoms with Crippen LogP contribution in [0.25, 0.3) is 65.7 Å². The molecule has 0 aliphatic carbocycles. The maximum absolute atomic E-state index is 2.35. The lowest BCUT2D eigenvalue weighted by Gasteiger charge is -2.21. The lowest BCUT2D eigenvalue weighted by atomic mass is 9.84. The Kier molecular flexibility index (Phi) is 7.15. The molecule has 7 aromatic carbocycles. The van der Waals surface area contributed by atoms with E-state index in [2.05, 4.69) is 168 Å². The molecule has 0 aromatic heterocycles. The Morgan fingerprint density at radius 3 is 1.82 bits per heavy atom. The minimum absolute atomic E-state index is 0.427. The maximum atomic E-state index is 2.35. The van der Waals surface area contributed by atoms with E-state index < -0.39 is 0 Å². The van der Waals surface area contributed by atoms with Gasteiger partial charge >= 0.3 is 0 Å². The summed E-state index contributed by atoms with van der Waals surface area (Å²) >= 11 is 0. The Morgan fingerprint density at radius 2 is 1.05 bits per heavy atom. The number of fused-ring (bicyclic) bond motifs is 4. The first-order chi connectivity index (χ1) is 21.4. The molecule has 0 aliphatic heterocycles. The Balaban J connectivity index is 1.26. The molecule has 0 bridgehead atoms. The van der Waals surface area contributed by atoms with Crippen LogP contribution >= 0.6 is 0 Å². The number of hydrogen-bond acceptors (Lipinski definition) is 0. The molecule has 0 saturated heterocycles. The number of aryl methyl sites for hydroxylation is 1. The maximum Gasteiger partial charge on any atom is -0.0105 e. The number of hydrogen-bond donors (Lipinski definition) is 0. The van der Waals surface area contributed by atoms with E-state index in [1.54, 1.807) is 0 Å². The molecular weight excluding hydrogens is 528 g/mol. The summed E-state index contributed by atoms with van der Waals surface area (Å²) in [4.78, 5) is 0. The van der Waals surface area contributed by atoms with Crippen LogP contribution in [0.3, 0.4) is 0 Å². The van der Waals surface area contributed by atoms with Crippen molar-refractivity contribution >= 4 is 43.5 Å². The van der Waals surface area contributed by atoms with E-state index in [0.29, 0.717) is 5.92 Å².